The summed E-state index contributed by atoms with van der Waals surface area (Å²) in [5, 5.41) is 0.353. The van der Waals surface area contributed by atoms with Crippen molar-refractivity contribution < 1.29 is 13.9 Å². The van der Waals surface area contributed by atoms with E-state index in [1.807, 2.05) is 0 Å². The zero-order valence-electron chi connectivity index (χ0n) is 8.59. The second kappa shape index (κ2) is 5.12. The van der Waals surface area contributed by atoms with Crippen LogP contribution >= 0.6 is 11.6 Å². The molecule has 0 bridgehead atoms. The van der Waals surface area contributed by atoms with Gasteiger partial charge in [0.05, 0.1) is 12.1 Å². The third kappa shape index (κ3) is 2.48. The number of carbonyl (C=O) groups is 1. The number of rotatable bonds is 4. The maximum atomic E-state index is 13.5. The van der Waals surface area contributed by atoms with Crippen molar-refractivity contribution in [2.45, 2.75) is 19.3 Å². The van der Waals surface area contributed by atoms with Gasteiger partial charge in [-0.2, -0.15) is 0 Å². The molecule has 0 heterocycles. The van der Waals surface area contributed by atoms with E-state index in [1.54, 1.807) is 6.92 Å². The lowest BCUT2D eigenvalue weighted by Gasteiger charge is -2.15. The van der Waals surface area contributed by atoms with E-state index in [1.165, 1.54) is 19.2 Å². The molecule has 2 nitrogen and oxygen atoms in total. The van der Waals surface area contributed by atoms with Gasteiger partial charge in [0.2, 0.25) is 0 Å². The minimum atomic E-state index is -0.398. The Balaban J connectivity index is 3.23. The van der Waals surface area contributed by atoms with Crippen LogP contribution in [0.4, 0.5) is 4.39 Å². The van der Waals surface area contributed by atoms with Crippen LogP contribution in [-0.4, -0.2) is 13.4 Å². The van der Waals surface area contributed by atoms with Crippen molar-refractivity contribution in [3.63, 3.8) is 0 Å². The van der Waals surface area contributed by atoms with Crippen LogP contribution in [0.1, 0.15) is 24.8 Å². The van der Waals surface area contributed by atoms with Gasteiger partial charge in [-0.3, -0.25) is 0 Å². The van der Waals surface area contributed by atoms with E-state index >= 15 is 0 Å². The summed E-state index contributed by atoms with van der Waals surface area (Å²) in [6, 6.07) is 2.72. The van der Waals surface area contributed by atoms with Crippen molar-refractivity contribution in [1.29, 1.82) is 0 Å². The van der Waals surface area contributed by atoms with Crippen molar-refractivity contribution >= 4 is 17.9 Å². The van der Waals surface area contributed by atoms with Crippen molar-refractivity contribution in [3.05, 3.63) is 28.5 Å². The van der Waals surface area contributed by atoms with E-state index in [9.17, 15) is 9.18 Å². The van der Waals surface area contributed by atoms with Gasteiger partial charge in [-0.05, 0) is 18.1 Å². The van der Waals surface area contributed by atoms with Gasteiger partial charge in [-0.25, -0.2) is 4.39 Å². The molecule has 1 aromatic rings. The normalized spacial score (nSPS) is 12.3. The van der Waals surface area contributed by atoms with E-state index in [-0.39, 0.29) is 12.3 Å². The number of aldehydes is 1. The first-order chi connectivity index (χ1) is 7.11. The zero-order valence-corrected chi connectivity index (χ0v) is 9.34. The summed E-state index contributed by atoms with van der Waals surface area (Å²) in [6.07, 6.45) is 0.998. The average Bonchev–Trinajstić information content (AvgIpc) is 2.21. The molecule has 1 atom stereocenters. The van der Waals surface area contributed by atoms with Crippen molar-refractivity contribution in [1.82, 2.24) is 0 Å². The minimum absolute atomic E-state index is 0.240. The highest BCUT2D eigenvalue weighted by molar-refractivity contribution is 6.32. The Hall–Kier alpha value is -1.09. The predicted octanol–water partition coefficient (Wildman–Crippen LogP) is 3.18. The molecule has 15 heavy (non-hydrogen) atoms. The van der Waals surface area contributed by atoms with Gasteiger partial charge in [-0.1, -0.05) is 18.5 Å². The maximum Gasteiger partial charge on any atom is 0.143 e. The molecular formula is C11H12ClFO2. The number of methoxy groups -OCH3 is 1. The molecule has 1 unspecified atom stereocenters. The van der Waals surface area contributed by atoms with Gasteiger partial charge in [0.25, 0.3) is 0 Å². The molecule has 1 rings (SSSR count). The van der Waals surface area contributed by atoms with Crippen LogP contribution < -0.4 is 4.74 Å². The van der Waals surface area contributed by atoms with Gasteiger partial charge in [0.15, 0.2) is 0 Å². The molecule has 0 spiro atoms. The quantitative estimate of drug-likeness (QED) is 0.743. The first kappa shape index (κ1) is 12.0. The fraction of sp³-hybridized carbons (Fsp3) is 0.364. The molecule has 0 aliphatic heterocycles. The number of halogens is 2. The van der Waals surface area contributed by atoms with Crippen molar-refractivity contribution in [2.75, 3.05) is 7.11 Å². The second-order valence-electron chi connectivity index (χ2n) is 3.28. The zero-order chi connectivity index (χ0) is 11.4. The van der Waals surface area contributed by atoms with Crippen molar-refractivity contribution in [3.8, 4) is 5.75 Å². The average molecular weight is 231 g/mol. The topological polar surface area (TPSA) is 26.3 Å². The third-order valence-electron chi connectivity index (χ3n) is 2.24. The van der Waals surface area contributed by atoms with Crippen LogP contribution in [0.15, 0.2) is 12.1 Å². The number of hydrogen-bond acceptors (Lipinski definition) is 2. The molecule has 0 N–H and O–H groups in total. The van der Waals surface area contributed by atoms with E-state index < -0.39 is 5.82 Å². The summed E-state index contributed by atoms with van der Waals surface area (Å²) in [5.74, 6) is -0.326. The fourth-order valence-electron chi connectivity index (χ4n) is 1.48. The highest BCUT2D eigenvalue weighted by atomic mass is 35.5. The SMILES string of the molecule is COc1c(Cl)ccc(F)c1C(C)CC=O. The molecule has 0 aromatic heterocycles. The molecule has 0 fully saturated rings. The number of hydrogen-bond donors (Lipinski definition) is 0. The van der Waals surface area contributed by atoms with Crippen LogP contribution in [0, 0.1) is 5.82 Å². The summed E-state index contributed by atoms with van der Waals surface area (Å²) in [7, 11) is 1.43. The monoisotopic (exact) mass is 230 g/mol. The first-order valence-electron chi connectivity index (χ1n) is 4.57. The predicted molar refractivity (Wildman–Crippen MR) is 57.1 cm³/mol. The Morgan fingerprint density at radius 1 is 1.60 bits per heavy atom. The van der Waals surface area contributed by atoms with Crippen molar-refractivity contribution in [2.24, 2.45) is 0 Å². The third-order valence-corrected chi connectivity index (χ3v) is 2.54. The summed E-state index contributed by atoms with van der Waals surface area (Å²) < 4.78 is 18.6. The van der Waals surface area contributed by atoms with Crippen LogP contribution in [0.5, 0.6) is 5.75 Å². The molecule has 0 aliphatic rings. The van der Waals surface area contributed by atoms with E-state index in [0.717, 1.165) is 6.29 Å². The van der Waals surface area contributed by atoms with Gasteiger partial charge < -0.3 is 9.53 Å². The Kier molecular flexibility index (Phi) is 4.09. The Morgan fingerprint density at radius 3 is 2.80 bits per heavy atom. The number of ether oxygens (including phenoxy) is 1. The second-order valence-corrected chi connectivity index (χ2v) is 3.69. The molecule has 1 aromatic carbocycles. The smallest absolute Gasteiger partial charge is 0.143 e. The number of carbonyl (C=O) groups excluding carboxylic acids is 1. The standard InChI is InChI=1S/C11H12ClFO2/c1-7(5-6-14)10-9(13)4-3-8(12)11(10)15-2/h3-4,6-7H,5H2,1-2H3. The Morgan fingerprint density at radius 2 is 2.27 bits per heavy atom. The van der Waals surface area contributed by atoms with Crippen LogP contribution in [-0.2, 0) is 4.79 Å². The molecule has 82 valence electrons. The lowest BCUT2D eigenvalue weighted by atomic mass is 9.97. The lowest BCUT2D eigenvalue weighted by molar-refractivity contribution is -0.108. The van der Waals surface area contributed by atoms with E-state index in [2.05, 4.69) is 0 Å². The van der Waals surface area contributed by atoms with Gasteiger partial charge in [0.1, 0.15) is 17.9 Å². The minimum Gasteiger partial charge on any atom is -0.495 e. The summed E-state index contributed by atoms with van der Waals surface area (Å²) >= 11 is 5.87. The highest BCUT2D eigenvalue weighted by Gasteiger charge is 2.18. The van der Waals surface area contributed by atoms with Gasteiger partial charge in [0, 0.05) is 12.0 Å². The molecule has 0 saturated carbocycles. The fourth-order valence-corrected chi connectivity index (χ4v) is 1.72. The highest BCUT2D eigenvalue weighted by Crippen LogP contribution is 2.36. The molecule has 4 heteroatoms. The van der Waals surface area contributed by atoms with Gasteiger partial charge in [-0.15, -0.1) is 0 Å². The largest absolute Gasteiger partial charge is 0.495 e. The van der Waals surface area contributed by atoms with E-state index in [0.29, 0.717) is 16.3 Å². The first-order valence-corrected chi connectivity index (χ1v) is 4.95. The lowest BCUT2D eigenvalue weighted by Crippen LogP contribution is -2.02. The molecule has 0 amide bonds. The Labute approximate surface area is 93.0 Å². The molecule has 0 saturated heterocycles. The summed E-state index contributed by atoms with van der Waals surface area (Å²) in [6.45, 7) is 1.76. The molecule has 0 radical (unpaired) electrons. The van der Waals surface area contributed by atoms with E-state index in [4.69, 9.17) is 16.3 Å². The Bertz CT molecular complexity index is 366. The number of benzene rings is 1. The summed E-state index contributed by atoms with van der Waals surface area (Å²) in [4.78, 5) is 10.4. The maximum absolute atomic E-state index is 13.5. The summed E-state index contributed by atoms with van der Waals surface area (Å²) in [5.41, 5.74) is 0.358. The molecule has 0 aliphatic carbocycles. The van der Waals surface area contributed by atoms with Crippen LogP contribution in [0.2, 0.25) is 5.02 Å². The molecular weight excluding hydrogens is 219 g/mol. The van der Waals surface area contributed by atoms with Gasteiger partial charge >= 0.3 is 0 Å². The van der Waals surface area contributed by atoms with Crippen LogP contribution in [0.25, 0.3) is 0 Å². The van der Waals surface area contributed by atoms with Crippen LogP contribution in [0.3, 0.4) is 0 Å².